The highest BCUT2D eigenvalue weighted by molar-refractivity contribution is 5.96. The summed E-state index contributed by atoms with van der Waals surface area (Å²) in [4.78, 5) is 23.7. The largest absolute Gasteiger partial charge is 0.353 e. The molecule has 1 aliphatic rings. The van der Waals surface area contributed by atoms with Gasteiger partial charge in [-0.2, -0.15) is 5.10 Å². The zero-order valence-electron chi connectivity index (χ0n) is 13.9. The lowest BCUT2D eigenvalue weighted by molar-refractivity contribution is 0.0974. The molecule has 0 saturated carbocycles. The molecule has 0 aromatic carbocycles. The number of carbonyl (C=O) groups is 1. The van der Waals surface area contributed by atoms with Gasteiger partial charge in [0.2, 0.25) is 0 Å². The number of aryl methyl sites for hydroxylation is 1. The highest BCUT2D eigenvalue weighted by atomic mass is 16.1. The molecule has 3 heterocycles. The van der Waals surface area contributed by atoms with Crippen molar-refractivity contribution in [3.63, 3.8) is 0 Å². The lowest BCUT2D eigenvalue weighted by Gasteiger charge is -2.25. The Kier molecular flexibility index (Phi) is 4.41. The van der Waals surface area contributed by atoms with E-state index in [2.05, 4.69) is 33.8 Å². The molecule has 6 nitrogen and oxygen atoms in total. The third-order valence-corrected chi connectivity index (χ3v) is 4.30. The quantitative estimate of drug-likeness (QED) is 0.794. The highest BCUT2D eigenvalue weighted by Gasteiger charge is 2.28. The number of hydrogen-bond acceptors (Lipinski definition) is 5. The van der Waals surface area contributed by atoms with E-state index in [1.165, 1.54) is 0 Å². The van der Waals surface area contributed by atoms with Gasteiger partial charge in [0.15, 0.2) is 5.78 Å². The molecule has 0 bridgehead atoms. The fraction of sp³-hybridized carbons (Fsp3) is 0.529. The molecule has 0 radical (unpaired) electrons. The van der Waals surface area contributed by atoms with Gasteiger partial charge in [-0.05, 0) is 18.9 Å². The smallest absolute Gasteiger partial charge is 0.168 e. The fourth-order valence-electron chi connectivity index (χ4n) is 3.05. The standard InChI is InChI=1S/C17H23N5O/c1-12(2)17-18-7-6-16(20-17)22-8-4-5-14(22)9-15(23)13-10-19-21(3)11-13/h6-7,10-12,14H,4-5,8-9H2,1-3H3. The molecule has 2 aromatic heterocycles. The van der Waals surface area contributed by atoms with Gasteiger partial charge in [-0.25, -0.2) is 9.97 Å². The van der Waals surface area contributed by atoms with Crippen molar-refractivity contribution < 1.29 is 4.79 Å². The molecule has 1 fully saturated rings. The van der Waals surface area contributed by atoms with Gasteiger partial charge in [-0.1, -0.05) is 13.8 Å². The third-order valence-electron chi connectivity index (χ3n) is 4.30. The first-order chi connectivity index (χ1) is 11.0. The van der Waals surface area contributed by atoms with Gasteiger partial charge in [0.25, 0.3) is 0 Å². The van der Waals surface area contributed by atoms with Gasteiger partial charge in [0.1, 0.15) is 11.6 Å². The molecule has 1 unspecified atom stereocenters. The summed E-state index contributed by atoms with van der Waals surface area (Å²) < 4.78 is 1.67. The van der Waals surface area contributed by atoms with Gasteiger partial charge >= 0.3 is 0 Å². The SMILES string of the molecule is CC(C)c1nccc(N2CCCC2CC(=O)c2cnn(C)c2)n1. The molecule has 122 valence electrons. The van der Waals surface area contributed by atoms with E-state index in [0.717, 1.165) is 31.0 Å². The van der Waals surface area contributed by atoms with Crippen molar-refractivity contribution in [2.75, 3.05) is 11.4 Å². The van der Waals surface area contributed by atoms with E-state index >= 15 is 0 Å². The van der Waals surface area contributed by atoms with Crippen LogP contribution in [0.5, 0.6) is 0 Å². The van der Waals surface area contributed by atoms with Gasteiger partial charge in [0.05, 0.1) is 11.8 Å². The number of ketones is 1. The van der Waals surface area contributed by atoms with Crippen LogP contribution in [-0.4, -0.2) is 38.1 Å². The molecule has 23 heavy (non-hydrogen) atoms. The first-order valence-corrected chi connectivity index (χ1v) is 8.16. The minimum atomic E-state index is 0.146. The summed E-state index contributed by atoms with van der Waals surface area (Å²) in [5.74, 6) is 2.23. The maximum absolute atomic E-state index is 12.5. The Morgan fingerprint density at radius 3 is 2.96 bits per heavy atom. The Balaban J connectivity index is 1.75. The highest BCUT2D eigenvalue weighted by Crippen LogP contribution is 2.27. The number of hydrogen-bond donors (Lipinski definition) is 0. The monoisotopic (exact) mass is 313 g/mol. The zero-order chi connectivity index (χ0) is 16.4. The Labute approximate surface area is 136 Å². The molecule has 1 atom stereocenters. The molecule has 1 saturated heterocycles. The number of nitrogens with zero attached hydrogens (tertiary/aromatic N) is 5. The van der Waals surface area contributed by atoms with Crippen LogP contribution >= 0.6 is 0 Å². The Hall–Kier alpha value is -2.24. The van der Waals surface area contributed by atoms with Crippen molar-refractivity contribution in [1.82, 2.24) is 19.7 Å². The summed E-state index contributed by atoms with van der Waals surface area (Å²) in [6, 6.07) is 2.15. The van der Waals surface area contributed by atoms with Crippen LogP contribution < -0.4 is 4.90 Å². The van der Waals surface area contributed by atoms with Crippen molar-refractivity contribution in [2.24, 2.45) is 7.05 Å². The topological polar surface area (TPSA) is 63.9 Å². The summed E-state index contributed by atoms with van der Waals surface area (Å²) in [5, 5.41) is 4.08. The number of rotatable bonds is 5. The Morgan fingerprint density at radius 1 is 1.43 bits per heavy atom. The summed E-state index contributed by atoms with van der Waals surface area (Å²) >= 11 is 0. The number of carbonyl (C=O) groups excluding carboxylic acids is 1. The van der Waals surface area contributed by atoms with E-state index < -0.39 is 0 Å². The molecule has 1 aliphatic heterocycles. The van der Waals surface area contributed by atoms with Crippen LogP contribution in [0.3, 0.4) is 0 Å². The summed E-state index contributed by atoms with van der Waals surface area (Å²) in [6.45, 7) is 5.12. The molecule has 6 heteroatoms. The molecule has 2 aromatic rings. The summed E-state index contributed by atoms with van der Waals surface area (Å²) in [5.41, 5.74) is 0.685. The van der Waals surface area contributed by atoms with Gasteiger partial charge < -0.3 is 4.90 Å². The molecule has 0 amide bonds. The van der Waals surface area contributed by atoms with E-state index in [9.17, 15) is 4.79 Å². The molecule has 0 spiro atoms. The fourth-order valence-corrected chi connectivity index (χ4v) is 3.05. The van der Waals surface area contributed by atoms with Crippen LogP contribution in [0.2, 0.25) is 0 Å². The van der Waals surface area contributed by atoms with Gasteiger partial charge in [-0.15, -0.1) is 0 Å². The average Bonchev–Trinajstić information content (AvgIpc) is 3.16. The third kappa shape index (κ3) is 3.41. The van der Waals surface area contributed by atoms with Gasteiger partial charge in [-0.3, -0.25) is 9.48 Å². The lowest BCUT2D eigenvalue weighted by atomic mass is 10.0. The maximum atomic E-state index is 12.5. The Morgan fingerprint density at radius 2 is 2.26 bits per heavy atom. The van der Waals surface area contributed by atoms with E-state index in [0.29, 0.717) is 17.9 Å². The van der Waals surface area contributed by atoms with Crippen molar-refractivity contribution >= 4 is 11.6 Å². The van der Waals surface area contributed by atoms with Crippen LogP contribution in [0.4, 0.5) is 5.82 Å². The van der Waals surface area contributed by atoms with E-state index in [4.69, 9.17) is 0 Å². The number of anilines is 1. The predicted molar refractivity (Wildman–Crippen MR) is 88.6 cm³/mol. The van der Waals surface area contributed by atoms with Crippen molar-refractivity contribution in [3.8, 4) is 0 Å². The summed E-state index contributed by atoms with van der Waals surface area (Å²) in [6.07, 6.45) is 7.86. The summed E-state index contributed by atoms with van der Waals surface area (Å²) in [7, 11) is 1.83. The first kappa shape index (κ1) is 15.6. The minimum Gasteiger partial charge on any atom is -0.353 e. The van der Waals surface area contributed by atoms with E-state index in [1.807, 2.05) is 19.3 Å². The number of aromatic nitrogens is 4. The van der Waals surface area contributed by atoms with Crippen molar-refractivity contribution in [2.45, 2.75) is 45.1 Å². The van der Waals surface area contributed by atoms with Crippen LogP contribution in [-0.2, 0) is 7.05 Å². The normalized spacial score (nSPS) is 17.9. The van der Waals surface area contributed by atoms with Crippen LogP contribution in [0, 0.1) is 0 Å². The second kappa shape index (κ2) is 6.48. The lowest BCUT2D eigenvalue weighted by Crippen LogP contribution is -2.32. The zero-order valence-corrected chi connectivity index (χ0v) is 13.9. The first-order valence-electron chi connectivity index (χ1n) is 8.16. The van der Waals surface area contributed by atoms with Crippen LogP contribution in [0.1, 0.15) is 55.2 Å². The predicted octanol–water partition coefficient (Wildman–Crippen LogP) is 2.58. The molecule has 0 N–H and O–H groups in total. The number of Topliss-reactive ketones (excluding diaryl/α,β-unsaturated/α-hetero) is 1. The van der Waals surface area contributed by atoms with Crippen molar-refractivity contribution in [3.05, 3.63) is 36.0 Å². The minimum absolute atomic E-state index is 0.146. The van der Waals surface area contributed by atoms with E-state index in [-0.39, 0.29) is 11.8 Å². The molecule has 3 rings (SSSR count). The second-order valence-electron chi connectivity index (χ2n) is 6.45. The molecular formula is C17H23N5O. The molecule has 0 aliphatic carbocycles. The van der Waals surface area contributed by atoms with Crippen LogP contribution in [0.15, 0.2) is 24.7 Å². The van der Waals surface area contributed by atoms with Gasteiger partial charge in [0, 0.05) is 44.4 Å². The average molecular weight is 313 g/mol. The van der Waals surface area contributed by atoms with Crippen molar-refractivity contribution in [1.29, 1.82) is 0 Å². The second-order valence-corrected chi connectivity index (χ2v) is 6.45. The molecular weight excluding hydrogens is 290 g/mol. The van der Waals surface area contributed by atoms with Crippen LogP contribution in [0.25, 0.3) is 0 Å². The van der Waals surface area contributed by atoms with E-state index in [1.54, 1.807) is 17.1 Å². The Bertz CT molecular complexity index is 694. The maximum Gasteiger partial charge on any atom is 0.168 e.